The number of rotatable bonds is 5. The van der Waals surface area contributed by atoms with E-state index in [1.807, 2.05) is 0 Å². The maximum Gasteiger partial charge on any atom is 0.389 e. The van der Waals surface area contributed by atoms with Gasteiger partial charge in [0.05, 0.1) is 18.4 Å². The van der Waals surface area contributed by atoms with E-state index in [0.717, 1.165) is 0 Å². The Morgan fingerprint density at radius 2 is 2.18 bits per heavy atom. The zero-order valence-electron chi connectivity index (χ0n) is 8.79. The highest BCUT2D eigenvalue weighted by Gasteiger charge is 2.26. The van der Waals surface area contributed by atoms with E-state index in [9.17, 15) is 13.2 Å². The molecule has 0 saturated heterocycles. The average Bonchev–Trinajstić information content (AvgIpc) is 2.23. The van der Waals surface area contributed by atoms with Gasteiger partial charge in [0.15, 0.2) is 0 Å². The van der Waals surface area contributed by atoms with Crippen molar-refractivity contribution in [3.05, 3.63) is 17.8 Å². The third-order valence-corrected chi connectivity index (χ3v) is 1.82. The van der Waals surface area contributed by atoms with E-state index >= 15 is 0 Å². The Morgan fingerprint density at radius 1 is 1.47 bits per heavy atom. The minimum Gasteiger partial charge on any atom is -0.476 e. The first-order chi connectivity index (χ1) is 7.90. The van der Waals surface area contributed by atoms with Crippen LogP contribution in [0.3, 0.4) is 0 Å². The van der Waals surface area contributed by atoms with Crippen LogP contribution in [0.15, 0.2) is 12.3 Å². The second kappa shape index (κ2) is 5.46. The van der Waals surface area contributed by atoms with Crippen molar-refractivity contribution >= 4 is 5.84 Å². The summed E-state index contributed by atoms with van der Waals surface area (Å²) in [6.45, 7) is -0.154. The van der Waals surface area contributed by atoms with Crippen LogP contribution in [0, 0.1) is 5.41 Å². The largest absolute Gasteiger partial charge is 0.476 e. The van der Waals surface area contributed by atoms with Crippen LogP contribution in [-0.4, -0.2) is 28.8 Å². The number of nitrogens with zero attached hydrogens (tertiary/aromatic N) is 2. The van der Waals surface area contributed by atoms with E-state index in [-0.39, 0.29) is 30.3 Å². The molecular formula is C9H11F3N4O. The lowest BCUT2D eigenvalue weighted by Gasteiger charge is -2.09. The molecule has 5 nitrogen and oxygen atoms in total. The SMILES string of the molecule is N=C(N)c1ccnnc1OCCCC(F)(F)F. The Kier molecular flexibility index (Phi) is 4.24. The monoisotopic (exact) mass is 248 g/mol. The average molecular weight is 248 g/mol. The Balaban J connectivity index is 2.49. The molecule has 94 valence electrons. The van der Waals surface area contributed by atoms with Crippen LogP contribution in [0.4, 0.5) is 13.2 Å². The van der Waals surface area contributed by atoms with Crippen molar-refractivity contribution in [1.29, 1.82) is 5.41 Å². The molecule has 0 aliphatic rings. The first kappa shape index (κ1) is 13.2. The molecule has 0 spiro atoms. The van der Waals surface area contributed by atoms with Crippen molar-refractivity contribution in [2.45, 2.75) is 19.0 Å². The second-order valence-electron chi connectivity index (χ2n) is 3.23. The van der Waals surface area contributed by atoms with Gasteiger partial charge in [-0.25, -0.2) is 0 Å². The number of ether oxygens (including phenoxy) is 1. The topological polar surface area (TPSA) is 84.9 Å². The molecule has 1 aromatic rings. The molecule has 0 amide bonds. The standard InChI is InChI=1S/C9H11F3N4O/c10-9(11,12)3-1-5-17-8-6(7(13)14)2-4-15-16-8/h2,4H,1,3,5H2,(H3,13,14). The number of halogens is 3. The number of alkyl halides is 3. The van der Waals surface area contributed by atoms with Gasteiger partial charge in [-0.2, -0.15) is 18.3 Å². The van der Waals surface area contributed by atoms with E-state index in [1.165, 1.54) is 12.3 Å². The molecule has 1 aromatic heterocycles. The Morgan fingerprint density at radius 3 is 2.76 bits per heavy atom. The van der Waals surface area contributed by atoms with E-state index < -0.39 is 12.6 Å². The van der Waals surface area contributed by atoms with Gasteiger partial charge in [-0.1, -0.05) is 0 Å². The van der Waals surface area contributed by atoms with Crippen molar-refractivity contribution < 1.29 is 17.9 Å². The zero-order valence-corrected chi connectivity index (χ0v) is 8.79. The summed E-state index contributed by atoms with van der Waals surface area (Å²) in [6.07, 6.45) is -3.99. The molecule has 0 atom stereocenters. The lowest BCUT2D eigenvalue weighted by Crippen LogP contribution is -2.15. The number of nitrogen functional groups attached to an aromatic ring is 1. The van der Waals surface area contributed by atoms with Gasteiger partial charge < -0.3 is 10.5 Å². The molecule has 0 bridgehead atoms. The quantitative estimate of drug-likeness (QED) is 0.469. The molecule has 0 fully saturated rings. The molecule has 0 aliphatic heterocycles. The van der Waals surface area contributed by atoms with Crippen LogP contribution >= 0.6 is 0 Å². The van der Waals surface area contributed by atoms with Crippen molar-refractivity contribution in [3.63, 3.8) is 0 Å². The minimum atomic E-state index is -4.20. The summed E-state index contributed by atoms with van der Waals surface area (Å²) in [5.74, 6) is -0.298. The number of hydrogen-bond acceptors (Lipinski definition) is 4. The van der Waals surface area contributed by atoms with Gasteiger partial charge in [-0.15, -0.1) is 5.10 Å². The normalized spacial score (nSPS) is 11.2. The summed E-state index contributed by atoms with van der Waals surface area (Å²) in [5, 5.41) is 14.3. The predicted octanol–water partition coefficient (Wildman–Crippen LogP) is 1.48. The van der Waals surface area contributed by atoms with Crippen LogP contribution in [0.5, 0.6) is 5.88 Å². The first-order valence-corrected chi connectivity index (χ1v) is 4.76. The predicted molar refractivity (Wildman–Crippen MR) is 53.8 cm³/mol. The second-order valence-corrected chi connectivity index (χ2v) is 3.23. The van der Waals surface area contributed by atoms with Crippen LogP contribution in [0.2, 0.25) is 0 Å². The molecule has 1 rings (SSSR count). The van der Waals surface area contributed by atoms with Crippen molar-refractivity contribution in [3.8, 4) is 5.88 Å². The fourth-order valence-electron chi connectivity index (χ4n) is 1.07. The molecule has 1 heterocycles. The minimum absolute atomic E-state index is 0.0258. The molecule has 0 radical (unpaired) electrons. The fraction of sp³-hybridized carbons (Fsp3) is 0.444. The third kappa shape index (κ3) is 4.66. The van der Waals surface area contributed by atoms with Crippen LogP contribution in [0.1, 0.15) is 18.4 Å². The summed E-state index contributed by atoms with van der Waals surface area (Å²) in [4.78, 5) is 0. The highest BCUT2D eigenvalue weighted by atomic mass is 19.4. The van der Waals surface area contributed by atoms with Crippen LogP contribution in [-0.2, 0) is 0 Å². The summed E-state index contributed by atoms with van der Waals surface area (Å²) in [5.41, 5.74) is 5.46. The molecule has 0 saturated carbocycles. The molecule has 17 heavy (non-hydrogen) atoms. The van der Waals surface area contributed by atoms with Gasteiger partial charge >= 0.3 is 6.18 Å². The molecule has 0 aromatic carbocycles. The smallest absolute Gasteiger partial charge is 0.389 e. The number of nitrogens with two attached hydrogens (primary N) is 1. The van der Waals surface area contributed by atoms with Gasteiger partial charge in [-0.3, -0.25) is 5.41 Å². The van der Waals surface area contributed by atoms with Crippen molar-refractivity contribution in [2.75, 3.05) is 6.61 Å². The van der Waals surface area contributed by atoms with Gasteiger partial charge in [0, 0.05) is 6.42 Å². The molecule has 8 heteroatoms. The Hall–Kier alpha value is -1.86. The summed E-state index contributed by atoms with van der Waals surface area (Å²) >= 11 is 0. The number of nitrogens with one attached hydrogen (secondary N) is 1. The van der Waals surface area contributed by atoms with E-state index in [0.29, 0.717) is 0 Å². The lowest BCUT2D eigenvalue weighted by molar-refractivity contribution is -0.136. The van der Waals surface area contributed by atoms with E-state index in [2.05, 4.69) is 10.2 Å². The molecule has 0 unspecified atom stereocenters. The number of hydrogen-bond donors (Lipinski definition) is 2. The lowest BCUT2D eigenvalue weighted by atomic mass is 10.3. The summed E-state index contributed by atoms with van der Waals surface area (Å²) < 4.78 is 40.6. The highest BCUT2D eigenvalue weighted by Crippen LogP contribution is 2.21. The first-order valence-electron chi connectivity index (χ1n) is 4.76. The van der Waals surface area contributed by atoms with Crippen LogP contribution < -0.4 is 10.5 Å². The van der Waals surface area contributed by atoms with Gasteiger partial charge in [0.2, 0.25) is 5.88 Å². The third-order valence-electron chi connectivity index (χ3n) is 1.82. The van der Waals surface area contributed by atoms with E-state index in [1.54, 1.807) is 0 Å². The zero-order chi connectivity index (χ0) is 12.9. The molecule has 0 aliphatic carbocycles. The maximum atomic E-state index is 11.9. The number of aromatic nitrogens is 2. The Bertz CT molecular complexity index is 394. The van der Waals surface area contributed by atoms with Crippen LogP contribution in [0.25, 0.3) is 0 Å². The van der Waals surface area contributed by atoms with Gasteiger partial charge in [0.25, 0.3) is 0 Å². The molecule has 3 N–H and O–H groups in total. The molecular weight excluding hydrogens is 237 g/mol. The fourth-order valence-corrected chi connectivity index (χ4v) is 1.07. The van der Waals surface area contributed by atoms with Crippen molar-refractivity contribution in [1.82, 2.24) is 10.2 Å². The van der Waals surface area contributed by atoms with E-state index in [4.69, 9.17) is 15.9 Å². The summed E-state index contributed by atoms with van der Waals surface area (Å²) in [7, 11) is 0. The maximum absolute atomic E-state index is 11.9. The highest BCUT2D eigenvalue weighted by molar-refractivity contribution is 5.96. The number of amidine groups is 1. The van der Waals surface area contributed by atoms with Crippen molar-refractivity contribution in [2.24, 2.45) is 5.73 Å². The Labute approximate surface area is 95.3 Å². The summed E-state index contributed by atoms with van der Waals surface area (Å²) in [6, 6.07) is 1.41. The van der Waals surface area contributed by atoms with Gasteiger partial charge in [-0.05, 0) is 12.5 Å². The van der Waals surface area contributed by atoms with Gasteiger partial charge in [0.1, 0.15) is 5.84 Å².